The van der Waals surface area contributed by atoms with Crippen LogP contribution in [-0.4, -0.2) is 9.13 Å². The predicted molar refractivity (Wildman–Crippen MR) is 215 cm³/mol. The number of rotatable bonds is 6. The van der Waals surface area contributed by atoms with Gasteiger partial charge in [0.15, 0.2) is 0 Å². The second-order valence-electron chi connectivity index (χ2n) is 13.0. The zero-order valence-corrected chi connectivity index (χ0v) is 27.9. The van der Waals surface area contributed by atoms with E-state index in [1.165, 1.54) is 54.7 Å². The van der Waals surface area contributed by atoms with E-state index in [0.717, 1.165) is 28.4 Å². The number of aromatic nitrogens is 2. The van der Waals surface area contributed by atoms with Crippen molar-refractivity contribution in [2.75, 3.05) is 4.90 Å². The summed E-state index contributed by atoms with van der Waals surface area (Å²) in [5.74, 6) is 0. The zero-order chi connectivity index (χ0) is 33.7. The van der Waals surface area contributed by atoms with Gasteiger partial charge in [0.05, 0.1) is 22.1 Å². The molecule has 240 valence electrons. The van der Waals surface area contributed by atoms with Gasteiger partial charge in [0.25, 0.3) is 0 Å². The molecule has 2 heterocycles. The summed E-state index contributed by atoms with van der Waals surface area (Å²) in [6.45, 7) is 0. The minimum absolute atomic E-state index is 1.11. The predicted octanol–water partition coefficient (Wildman–Crippen LogP) is 13.0. The summed E-state index contributed by atoms with van der Waals surface area (Å²) in [7, 11) is 0. The van der Waals surface area contributed by atoms with Crippen molar-refractivity contribution in [1.29, 1.82) is 0 Å². The first-order chi connectivity index (χ1) is 25.3. The molecule has 0 saturated heterocycles. The van der Waals surface area contributed by atoms with Crippen LogP contribution in [0.3, 0.4) is 0 Å². The van der Waals surface area contributed by atoms with Gasteiger partial charge in [-0.2, -0.15) is 0 Å². The van der Waals surface area contributed by atoms with Crippen LogP contribution in [0.4, 0.5) is 17.1 Å². The molecule has 0 unspecified atom stereocenters. The standard InChI is InChI=1S/C48H33N3/c1-5-15-34(16-6-1)35-25-27-39(28-26-35)49(36-17-7-2-8-18-36)40-29-30-46-42(31-40)44-32-43-41-23-13-14-24-45(41)50(37-19-9-3-10-20-37)47(43)33-48(44)51(46)38-21-11-4-12-22-38/h1-33H. The molecule has 0 radical (unpaired) electrons. The van der Waals surface area contributed by atoms with Gasteiger partial charge in [0.2, 0.25) is 0 Å². The number of hydrogen-bond donors (Lipinski definition) is 0. The minimum atomic E-state index is 1.11. The summed E-state index contributed by atoms with van der Waals surface area (Å²) in [6.07, 6.45) is 0. The minimum Gasteiger partial charge on any atom is -0.310 e. The van der Waals surface area contributed by atoms with E-state index in [4.69, 9.17) is 0 Å². The number of para-hydroxylation sites is 4. The first-order valence-corrected chi connectivity index (χ1v) is 17.4. The average molecular weight is 652 g/mol. The molecule has 51 heavy (non-hydrogen) atoms. The first kappa shape index (κ1) is 29.1. The van der Waals surface area contributed by atoms with Crippen molar-refractivity contribution in [2.24, 2.45) is 0 Å². The molecular weight excluding hydrogens is 619 g/mol. The van der Waals surface area contributed by atoms with Crippen LogP contribution < -0.4 is 4.90 Å². The lowest BCUT2D eigenvalue weighted by atomic mass is 10.0. The van der Waals surface area contributed by atoms with Crippen LogP contribution >= 0.6 is 0 Å². The highest BCUT2D eigenvalue weighted by molar-refractivity contribution is 6.19. The third kappa shape index (κ3) is 4.82. The summed E-state index contributed by atoms with van der Waals surface area (Å²) in [4.78, 5) is 2.36. The molecule has 8 aromatic carbocycles. The van der Waals surface area contributed by atoms with E-state index in [2.05, 4.69) is 214 Å². The second kappa shape index (κ2) is 11.9. The molecular formula is C48H33N3. The fraction of sp³-hybridized carbons (Fsp3) is 0. The van der Waals surface area contributed by atoms with Crippen LogP contribution in [0.2, 0.25) is 0 Å². The number of hydrogen-bond acceptors (Lipinski definition) is 1. The van der Waals surface area contributed by atoms with Crippen molar-refractivity contribution in [3.63, 3.8) is 0 Å². The molecule has 0 N–H and O–H groups in total. The maximum atomic E-state index is 2.42. The van der Waals surface area contributed by atoms with Crippen LogP contribution in [-0.2, 0) is 0 Å². The molecule has 10 rings (SSSR count). The molecule has 0 spiro atoms. The van der Waals surface area contributed by atoms with Gasteiger partial charge in [-0.25, -0.2) is 0 Å². The van der Waals surface area contributed by atoms with Crippen LogP contribution in [0.1, 0.15) is 0 Å². The molecule has 0 aliphatic heterocycles. The Labute approximate surface area is 296 Å². The molecule has 0 fully saturated rings. The molecule has 0 saturated carbocycles. The Morgan fingerprint density at radius 1 is 0.275 bits per heavy atom. The topological polar surface area (TPSA) is 13.1 Å². The smallest absolute Gasteiger partial charge is 0.0562 e. The maximum absolute atomic E-state index is 2.42. The Kier molecular flexibility index (Phi) is 6.81. The highest BCUT2D eigenvalue weighted by atomic mass is 15.1. The highest BCUT2D eigenvalue weighted by Gasteiger charge is 2.20. The van der Waals surface area contributed by atoms with Crippen LogP contribution in [0.5, 0.6) is 0 Å². The molecule has 0 bridgehead atoms. The molecule has 0 atom stereocenters. The third-order valence-electron chi connectivity index (χ3n) is 10.1. The fourth-order valence-corrected chi connectivity index (χ4v) is 7.78. The van der Waals surface area contributed by atoms with Gasteiger partial charge >= 0.3 is 0 Å². The van der Waals surface area contributed by atoms with E-state index in [1.807, 2.05) is 0 Å². The summed E-state index contributed by atoms with van der Waals surface area (Å²) in [5.41, 5.74) is 12.8. The number of nitrogens with zero attached hydrogens (tertiary/aromatic N) is 3. The quantitative estimate of drug-likeness (QED) is 0.174. The Hall–Kier alpha value is -6.84. The lowest BCUT2D eigenvalue weighted by Crippen LogP contribution is -2.09. The molecule has 0 amide bonds. The molecule has 0 aliphatic rings. The van der Waals surface area contributed by atoms with E-state index in [0.29, 0.717) is 0 Å². The largest absolute Gasteiger partial charge is 0.310 e. The van der Waals surface area contributed by atoms with Crippen LogP contribution in [0, 0.1) is 0 Å². The fourth-order valence-electron chi connectivity index (χ4n) is 7.78. The van der Waals surface area contributed by atoms with Crippen molar-refractivity contribution in [3.05, 3.63) is 200 Å². The highest BCUT2D eigenvalue weighted by Crippen LogP contribution is 2.43. The summed E-state index contributed by atoms with van der Waals surface area (Å²) < 4.78 is 4.82. The molecule has 3 nitrogen and oxygen atoms in total. The Balaban J connectivity index is 1.24. The lowest BCUT2D eigenvalue weighted by Gasteiger charge is -2.26. The lowest BCUT2D eigenvalue weighted by molar-refractivity contribution is 1.16. The van der Waals surface area contributed by atoms with Crippen molar-refractivity contribution in [2.45, 2.75) is 0 Å². The first-order valence-electron chi connectivity index (χ1n) is 17.4. The number of benzene rings is 8. The maximum Gasteiger partial charge on any atom is 0.0562 e. The third-order valence-corrected chi connectivity index (χ3v) is 10.1. The monoisotopic (exact) mass is 651 g/mol. The summed E-state index contributed by atoms with van der Waals surface area (Å²) in [6, 6.07) is 72.1. The van der Waals surface area contributed by atoms with Gasteiger partial charge < -0.3 is 14.0 Å². The SMILES string of the molecule is c1ccc(-c2ccc(N(c3ccccc3)c3ccc4c(c3)c3cc5c6ccccc6n(-c6ccccc6)c5cc3n4-c3ccccc3)cc2)cc1. The Morgan fingerprint density at radius 2 is 0.725 bits per heavy atom. The van der Waals surface area contributed by atoms with Gasteiger partial charge in [0.1, 0.15) is 0 Å². The second-order valence-corrected chi connectivity index (χ2v) is 13.0. The van der Waals surface area contributed by atoms with E-state index < -0.39 is 0 Å². The Bertz CT molecular complexity index is 2820. The molecule has 2 aromatic heterocycles. The Morgan fingerprint density at radius 3 is 1.37 bits per heavy atom. The van der Waals surface area contributed by atoms with E-state index in [1.54, 1.807) is 0 Å². The normalized spacial score (nSPS) is 11.5. The van der Waals surface area contributed by atoms with Crippen LogP contribution in [0.15, 0.2) is 200 Å². The molecule has 3 heteroatoms. The van der Waals surface area contributed by atoms with Crippen molar-refractivity contribution in [3.8, 4) is 22.5 Å². The van der Waals surface area contributed by atoms with Crippen molar-refractivity contribution in [1.82, 2.24) is 9.13 Å². The van der Waals surface area contributed by atoms with Gasteiger partial charge in [-0.3, -0.25) is 0 Å². The zero-order valence-electron chi connectivity index (χ0n) is 27.9. The average Bonchev–Trinajstić information content (AvgIpc) is 3.70. The number of anilines is 3. The van der Waals surface area contributed by atoms with Crippen molar-refractivity contribution < 1.29 is 0 Å². The molecule has 0 aliphatic carbocycles. The van der Waals surface area contributed by atoms with Gasteiger partial charge in [-0.1, -0.05) is 115 Å². The van der Waals surface area contributed by atoms with Gasteiger partial charge in [-0.15, -0.1) is 0 Å². The molecule has 10 aromatic rings. The van der Waals surface area contributed by atoms with E-state index >= 15 is 0 Å². The van der Waals surface area contributed by atoms with Gasteiger partial charge in [-0.05, 0) is 96.1 Å². The van der Waals surface area contributed by atoms with Crippen LogP contribution in [0.25, 0.3) is 66.1 Å². The summed E-state index contributed by atoms with van der Waals surface area (Å²) >= 11 is 0. The van der Waals surface area contributed by atoms with Crippen molar-refractivity contribution >= 4 is 60.7 Å². The summed E-state index contributed by atoms with van der Waals surface area (Å²) in [5, 5.41) is 4.94. The van der Waals surface area contributed by atoms with E-state index in [-0.39, 0.29) is 0 Å². The van der Waals surface area contributed by atoms with E-state index in [9.17, 15) is 0 Å². The van der Waals surface area contributed by atoms with Gasteiger partial charge in [0, 0.05) is 50.0 Å². The number of fused-ring (bicyclic) bond motifs is 6.